The monoisotopic (exact) mass is 293 g/mol. The van der Waals surface area contributed by atoms with E-state index < -0.39 is 0 Å². The zero-order valence-corrected chi connectivity index (χ0v) is 13.7. The van der Waals surface area contributed by atoms with Gasteiger partial charge in [-0.3, -0.25) is 0 Å². The molecule has 5 nitrogen and oxygen atoms in total. The van der Waals surface area contributed by atoms with E-state index in [0.29, 0.717) is 0 Å². The minimum absolute atomic E-state index is 0.0856. The maximum absolute atomic E-state index is 5.51. The summed E-state index contributed by atoms with van der Waals surface area (Å²) in [5.41, 5.74) is 1.29. The van der Waals surface area contributed by atoms with Crippen molar-refractivity contribution in [1.29, 1.82) is 0 Å². The highest BCUT2D eigenvalue weighted by molar-refractivity contribution is 5.48. The van der Waals surface area contributed by atoms with E-state index in [0.717, 1.165) is 25.5 Å². The van der Waals surface area contributed by atoms with E-state index in [1.165, 1.54) is 5.56 Å². The largest absolute Gasteiger partial charge is 0.377 e. The van der Waals surface area contributed by atoms with E-state index in [1.54, 1.807) is 14.2 Å². The fourth-order valence-corrected chi connectivity index (χ4v) is 2.58. The third-order valence-electron chi connectivity index (χ3n) is 3.80. The molecule has 2 rings (SSSR count). The summed E-state index contributed by atoms with van der Waals surface area (Å²) < 4.78 is 11.0. The predicted molar refractivity (Wildman–Crippen MR) is 84.6 cm³/mol. The van der Waals surface area contributed by atoms with Crippen molar-refractivity contribution in [3.05, 3.63) is 23.9 Å². The molecule has 1 saturated heterocycles. The molecule has 0 aliphatic carbocycles. The molecule has 5 heteroatoms. The van der Waals surface area contributed by atoms with E-state index in [4.69, 9.17) is 9.47 Å². The van der Waals surface area contributed by atoms with Gasteiger partial charge in [0.15, 0.2) is 0 Å². The molecular formula is C16H27N3O2. The van der Waals surface area contributed by atoms with Crippen LogP contribution in [0.4, 0.5) is 5.82 Å². The summed E-state index contributed by atoms with van der Waals surface area (Å²) >= 11 is 0. The van der Waals surface area contributed by atoms with Crippen molar-refractivity contribution in [1.82, 2.24) is 10.3 Å². The molecule has 1 aromatic heterocycles. The van der Waals surface area contributed by atoms with Gasteiger partial charge in [0.25, 0.3) is 0 Å². The Morgan fingerprint density at radius 3 is 2.38 bits per heavy atom. The van der Waals surface area contributed by atoms with Gasteiger partial charge in [0, 0.05) is 51.2 Å². The summed E-state index contributed by atoms with van der Waals surface area (Å²) in [5.74, 6) is 1.02. The second-order valence-corrected chi connectivity index (χ2v) is 6.54. The molecule has 0 saturated carbocycles. The molecule has 1 aromatic rings. The van der Waals surface area contributed by atoms with Crippen LogP contribution in [0.15, 0.2) is 18.3 Å². The van der Waals surface area contributed by atoms with Crippen molar-refractivity contribution in [2.24, 2.45) is 0 Å². The van der Waals surface area contributed by atoms with Crippen molar-refractivity contribution in [2.75, 3.05) is 32.2 Å². The molecule has 1 aliphatic heterocycles. The van der Waals surface area contributed by atoms with Crippen molar-refractivity contribution in [3.8, 4) is 0 Å². The molecule has 1 N–H and O–H groups in total. The van der Waals surface area contributed by atoms with Gasteiger partial charge in [-0.25, -0.2) is 4.98 Å². The summed E-state index contributed by atoms with van der Waals surface area (Å²) in [7, 11) is 3.47. The first kappa shape index (κ1) is 16.2. The van der Waals surface area contributed by atoms with Crippen molar-refractivity contribution in [3.63, 3.8) is 0 Å². The lowest BCUT2D eigenvalue weighted by Gasteiger charge is -2.24. The SMILES string of the molecule is COC1CN(c2ncccc2CNC(C)(C)C)CC1OC. The second kappa shape index (κ2) is 6.73. The number of nitrogens with one attached hydrogen (secondary N) is 1. The van der Waals surface area contributed by atoms with Gasteiger partial charge in [-0.2, -0.15) is 0 Å². The first-order chi connectivity index (χ1) is 9.94. The lowest BCUT2D eigenvalue weighted by atomic mass is 10.1. The van der Waals surface area contributed by atoms with E-state index in [9.17, 15) is 0 Å². The highest BCUT2D eigenvalue weighted by atomic mass is 16.5. The Balaban J connectivity index is 2.13. The molecular weight excluding hydrogens is 266 g/mol. The number of nitrogens with zero attached hydrogens (tertiary/aromatic N) is 2. The molecule has 1 aliphatic rings. The minimum atomic E-state index is 0.0856. The fraction of sp³-hybridized carbons (Fsp3) is 0.688. The maximum atomic E-state index is 5.51. The van der Waals surface area contributed by atoms with Crippen LogP contribution in [-0.4, -0.2) is 50.0 Å². The molecule has 118 valence electrons. The maximum Gasteiger partial charge on any atom is 0.133 e. The third kappa shape index (κ3) is 4.15. The zero-order valence-electron chi connectivity index (χ0n) is 13.7. The van der Waals surface area contributed by atoms with E-state index in [-0.39, 0.29) is 17.7 Å². The topological polar surface area (TPSA) is 46.6 Å². The van der Waals surface area contributed by atoms with Crippen LogP contribution in [0.25, 0.3) is 0 Å². The van der Waals surface area contributed by atoms with Crippen LogP contribution in [0.2, 0.25) is 0 Å². The van der Waals surface area contributed by atoms with Crippen LogP contribution in [0, 0.1) is 0 Å². The number of ether oxygens (including phenoxy) is 2. The average Bonchev–Trinajstić information content (AvgIpc) is 2.87. The molecule has 2 heterocycles. The highest BCUT2D eigenvalue weighted by Crippen LogP contribution is 2.25. The van der Waals surface area contributed by atoms with Gasteiger partial charge in [0.1, 0.15) is 18.0 Å². The number of hydrogen-bond acceptors (Lipinski definition) is 5. The van der Waals surface area contributed by atoms with Crippen LogP contribution < -0.4 is 10.2 Å². The molecule has 21 heavy (non-hydrogen) atoms. The smallest absolute Gasteiger partial charge is 0.133 e. The summed E-state index contributed by atoms with van der Waals surface area (Å²) in [6.45, 7) is 8.93. The van der Waals surface area contributed by atoms with Crippen LogP contribution in [0.1, 0.15) is 26.3 Å². The first-order valence-corrected chi connectivity index (χ1v) is 7.44. The summed E-state index contributed by atoms with van der Waals surface area (Å²) in [6.07, 6.45) is 2.04. The molecule has 0 spiro atoms. The lowest BCUT2D eigenvalue weighted by Crippen LogP contribution is -2.36. The number of pyridine rings is 1. The Morgan fingerprint density at radius 1 is 1.24 bits per heavy atom. The Kier molecular flexibility index (Phi) is 5.19. The molecule has 2 atom stereocenters. The molecule has 2 unspecified atom stereocenters. The van der Waals surface area contributed by atoms with Crippen LogP contribution in [0.3, 0.4) is 0 Å². The van der Waals surface area contributed by atoms with Gasteiger partial charge >= 0.3 is 0 Å². The normalized spacial score (nSPS) is 22.8. The second-order valence-electron chi connectivity index (χ2n) is 6.54. The van der Waals surface area contributed by atoms with E-state index in [2.05, 4.69) is 42.0 Å². The van der Waals surface area contributed by atoms with Crippen molar-refractivity contribution in [2.45, 2.75) is 45.1 Å². The van der Waals surface area contributed by atoms with E-state index in [1.807, 2.05) is 12.3 Å². The lowest BCUT2D eigenvalue weighted by molar-refractivity contribution is -0.00461. The molecule has 0 aromatic carbocycles. The first-order valence-electron chi connectivity index (χ1n) is 7.44. The Bertz CT molecular complexity index is 447. The van der Waals surface area contributed by atoms with Crippen molar-refractivity contribution >= 4 is 5.82 Å². The third-order valence-corrected chi connectivity index (χ3v) is 3.80. The average molecular weight is 293 g/mol. The van der Waals surface area contributed by atoms with Crippen LogP contribution in [-0.2, 0) is 16.0 Å². The Labute approximate surface area is 127 Å². The van der Waals surface area contributed by atoms with Crippen molar-refractivity contribution < 1.29 is 9.47 Å². The molecule has 0 radical (unpaired) electrons. The quantitative estimate of drug-likeness (QED) is 0.897. The summed E-state index contributed by atoms with van der Waals surface area (Å²) in [4.78, 5) is 6.83. The van der Waals surface area contributed by atoms with Gasteiger partial charge in [-0.1, -0.05) is 6.07 Å². The summed E-state index contributed by atoms with van der Waals surface area (Å²) in [5, 5.41) is 3.52. The molecule has 0 bridgehead atoms. The fourth-order valence-electron chi connectivity index (χ4n) is 2.58. The Hall–Kier alpha value is -1.17. The van der Waals surface area contributed by atoms with Gasteiger partial charge in [0.05, 0.1) is 0 Å². The minimum Gasteiger partial charge on any atom is -0.377 e. The number of rotatable bonds is 5. The van der Waals surface area contributed by atoms with Gasteiger partial charge in [0.2, 0.25) is 0 Å². The number of aromatic nitrogens is 1. The molecule has 0 amide bonds. The predicted octanol–water partition coefficient (Wildman–Crippen LogP) is 1.82. The van der Waals surface area contributed by atoms with Gasteiger partial charge in [-0.05, 0) is 26.8 Å². The summed E-state index contributed by atoms with van der Waals surface area (Å²) in [6, 6.07) is 4.11. The zero-order chi connectivity index (χ0) is 15.5. The number of hydrogen-bond donors (Lipinski definition) is 1. The van der Waals surface area contributed by atoms with Gasteiger partial charge in [-0.15, -0.1) is 0 Å². The van der Waals surface area contributed by atoms with Gasteiger partial charge < -0.3 is 19.7 Å². The standard InChI is InChI=1S/C16H27N3O2/c1-16(2,3)18-9-12-7-6-8-17-15(12)19-10-13(20-4)14(11-19)21-5/h6-8,13-14,18H,9-11H2,1-5H3. The Morgan fingerprint density at radius 2 is 1.86 bits per heavy atom. The highest BCUT2D eigenvalue weighted by Gasteiger charge is 2.34. The van der Waals surface area contributed by atoms with Crippen LogP contribution in [0.5, 0.6) is 0 Å². The molecule has 1 fully saturated rings. The van der Waals surface area contributed by atoms with E-state index >= 15 is 0 Å². The van der Waals surface area contributed by atoms with Crippen LogP contribution >= 0.6 is 0 Å². The number of methoxy groups -OCH3 is 2. The number of anilines is 1.